The lowest BCUT2D eigenvalue weighted by atomic mass is 10.0. The van der Waals surface area contributed by atoms with Crippen molar-refractivity contribution in [2.24, 2.45) is 0 Å². The Kier molecular flexibility index (Phi) is 6.14. The van der Waals surface area contributed by atoms with E-state index in [1.807, 2.05) is 24.3 Å². The number of hydrogen-bond acceptors (Lipinski definition) is 3. The topological polar surface area (TPSA) is 39.1 Å². The lowest BCUT2D eigenvalue weighted by molar-refractivity contribution is 0.334. The number of hydrogen-bond donors (Lipinski definition) is 1. The van der Waals surface area contributed by atoms with Gasteiger partial charge in [-0.25, -0.2) is 0 Å². The largest absolute Gasteiger partial charge is 0.308 e. The predicted molar refractivity (Wildman–Crippen MR) is 90.5 cm³/mol. The molecule has 0 heterocycles. The van der Waals surface area contributed by atoms with E-state index in [9.17, 15) is 0 Å². The maximum atomic E-state index is 8.98. The second-order valence-electron chi connectivity index (χ2n) is 5.84. The fourth-order valence-corrected chi connectivity index (χ4v) is 2.55. The van der Waals surface area contributed by atoms with Gasteiger partial charge in [0.1, 0.15) is 0 Å². The van der Waals surface area contributed by atoms with Crippen LogP contribution in [0.3, 0.4) is 0 Å². The third-order valence-corrected chi connectivity index (χ3v) is 3.56. The number of nitrogens with zero attached hydrogens (tertiary/aromatic N) is 2. The van der Waals surface area contributed by atoms with Gasteiger partial charge in [-0.15, -0.1) is 0 Å². The van der Waals surface area contributed by atoms with Gasteiger partial charge in [-0.3, -0.25) is 0 Å². The number of likely N-dealkylation sites (N-methyl/N-ethyl adjacent to an activating group) is 1. The predicted octanol–water partition coefficient (Wildman–Crippen LogP) is 2.82. The summed E-state index contributed by atoms with van der Waals surface area (Å²) in [6, 6.07) is 20.9. The minimum Gasteiger partial charge on any atom is -0.308 e. The average molecular weight is 293 g/mol. The number of nitriles is 1. The molecule has 0 aliphatic carbocycles. The van der Waals surface area contributed by atoms with Crippen LogP contribution in [0.1, 0.15) is 16.7 Å². The quantitative estimate of drug-likeness (QED) is 0.853. The summed E-state index contributed by atoms with van der Waals surface area (Å²) in [7, 11) is 4.19. The van der Waals surface area contributed by atoms with Crippen LogP contribution in [0.15, 0.2) is 54.6 Å². The Morgan fingerprint density at radius 1 is 1.05 bits per heavy atom. The van der Waals surface area contributed by atoms with E-state index in [2.05, 4.69) is 60.7 Å². The van der Waals surface area contributed by atoms with Crippen LogP contribution in [0.2, 0.25) is 0 Å². The van der Waals surface area contributed by atoms with E-state index in [0.29, 0.717) is 11.6 Å². The standard InChI is InChI=1S/C19H23N3/c1-22(2)15-19(12-16-7-4-3-5-8-16)21-14-18-10-6-9-17(11-18)13-20/h3-11,19,21H,12,14-15H2,1-2H3. The van der Waals surface area contributed by atoms with Gasteiger partial charge in [-0.05, 0) is 43.8 Å². The van der Waals surface area contributed by atoms with Crippen molar-refractivity contribution in [3.8, 4) is 6.07 Å². The van der Waals surface area contributed by atoms with Crippen molar-refractivity contribution in [1.82, 2.24) is 10.2 Å². The van der Waals surface area contributed by atoms with E-state index in [4.69, 9.17) is 5.26 Å². The smallest absolute Gasteiger partial charge is 0.0991 e. The third kappa shape index (κ3) is 5.33. The summed E-state index contributed by atoms with van der Waals surface area (Å²) in [6.07, 6.45) is 0.997. The van der Waals surface area contributed by atoms with E-state index in [1.165, 1.54) is 5.56 Å². The van der Waals surface area contributed by atoms with Crippen molar-refractivity contribution in [3.63, 3.8) is 0 Å². The van der Waals surface area contributed by atoms with Gasteiger partial charge in [-0.1, -0.05) is 42.5 Å². The fourth-order valence-electron chi connectivity index (χ4n) is 2.55. The molecule has 1 atom stereocenters. The Hall–Kier alpha value is -2.15. The Labute approximate surface area is 133 Å². The van der Waals surface area contributed by atoms with Crippen molar-refractivity contribution in [1.29, 1.82) is 5.26 Å². The highest BCUT2D eigenvalue weighted by Gasteiger charge is 2.10. The monoisotopic (exact) mass is 293 g/mol. The van der Waals surface area contributed by atoms with Crippen molar-refractivity contribution in [3.05, 3.63) is 71.3 Å². The summed E-state index contributed by atoms with van der Waals surface area (Å²) >= 11 is 0. The first-order chi connectivity index (χ1) is 10.7. The third-order valence-electron chi connectivity index (χ3n) is 3.56. The second-order valence-corrected chi connectivity index (χ2v) is 5.84. The first kappa shape index (κ1) is 16.2. The Bertz CT molecular complexity index is 614. The number of nitrogens with one attached hydrogen (secondary N) is 1. The molecule has 114 valence electrons. The summed E-state index contributed by atoms with van der Waals surface area (Å²) in [5.41, 5.74) is 3.20. The molecule has 0 saturated heterocycles. The molecule has 0 radical (unpaired) electrons. The highest BCUT2D eigenvalue weighted by molar-refractivity contribution is 5.32. The number of benzene rings is 2. The van der Waals surface area contributed by atoms with Gasteiger partial charge in [0, 0.05) is 19.1 Å². The zero-order chi connectivity index (χ0) is 15.8. The zero-order valence-electron chi connectivity index (χ0n) is 13.3. The van der Waals surface area contributed by atoms with Gasteiger partial charge in [0.2, 0.25) is 0 Å². The molecule has 0 saturated carbocycles. The highest BCUT2D eigenvalue weighted by Crippen LogP contribution is 2.07. The van der Waals surface area contributed by atoms with Crippen molar-refractivity contribution < 1.29 is 0 Å². The fraction of sp³-hybridized carbons (Fsp3) is 0.316. The lowest BCUT2D eigenvalue weighted by Gasteiger charge is -2.23. The van der Waals surface area contributed by atoms with E-state index in [0.717, 1.165) is 25.1 Å². The van der Waals surface area contributed by atoms with Crippen LogP contribution in [0.25, 0.3) is 0 Å². The van der Waals surface area contributed by atoms with E-state index in [1.54, 1.807) is 0 Å². The molecule has 1 unspecified atom stereocenters. The minimum absolute atomic E-state index is 0.378. The Balaban J connectivity index is 1.98. The van der Waals surface area contributed by atoms with Crippen LogP contribution >= 0.6 is 0 Å². The summed E-state index contributed by atoms with van der Waals surface area (Å²) in [5, 5.41) is 12.6. The average Bonchev–Trinajstić information content (AvgIpc) is 2.53. The molecule has 1 N–H and O–H groups in total. The van der Waals surface area contributed by atoms with Gasteiger partial charge >= 0.3 is 0 Å². The molecule has 0 bridgehead atoms. The van der Waals surface area contributed by atoms with Crippen LogP contribution in [0.5, 0.6) is 0 Å². The molecule has 0 aromatic heterocycles. The van der Waals surface area contributed by atoms with Crippen molar-refractivity contribution >= 4 is 0 Å². The van der Waals surface area contributed by atoms with Gasteiger partial charge in [0.25, 0.3) is 0 Å². The molecule has 0 aliphatic rings. The molecule has 2 rings (SSSR count). The van der Waals surface area contributed by atoms with E-state index >= 15 is 0 Å². The molecule has 0 fully saturated rings. The molecule has 0 aliphatic heterocycles. The van der Waals surface area contributed by atoms with E-state index < -0.39 is 0 Å². The maximum absolute atomic E-state index is 8.98. The highest BCUT2D eigenvalue weighted by atomic mass is 15.1. The zero-order valence-corrected chi connectivity index (χ0v) is 13.3. The number of rotatable bonds is 7. The molecule has 3 nitrogen and oxygen atoms in total. The second kappa shape index (κ2) is 8.33. The van der Waals surface area contributed by atoms with Crippen LogP contribution in [0.4, 0.5) is 0 Å². The molecule has 0 spiro atoms. The maximum Gasteiger partial charge on any atom is 0.0991 e. The molecule has 3 heteroatoms. The summed E-state index contributed by atoms with van der Waals surface area (Å²) in [6.45, 7) is 1.76. The molecular weight excluding hydrogens is 270 g/mol. The summed E-state index contributed by atoms with van der Waals surface area (Å²) in [5.74, 6) is 0. The van der Waals surface area contributed by atoms with Crippen molar-refractivity contribution in [2.45, 2.75) is 19.0 Å². The van der Waals surface area contributed by atoms with Gasteiger partial charge in [0.05, 0.1) is 11.6 Å². The molecule has 2 aromatic carbocycles. The molecular formula is C19H23N3. The first-order valence-electron chi connectivity index (χ1n) is 7.58. The van der Waals surface area contributed by atoms with E-state index in [-0.39, 0.29) is 0 Å². The van der Waals surface area contributed by atoms with Gasteiger partial charge in [0.15, 0.2) is 0 Å². The molecule has 22 heavy (non-hydrogen) atoms. The van der Waals surface area contributed by atoms with Crippen LogP contribution in [0, 0.1) is 11.3 Å². The van der Waals surface area contributed by atoms with Crippen LogP contribution in [-0.2, 0) is 13.0 Å². The summed E-state index contributed by atoms with van der Waals surface area (Å²) in [4.78, 5) is 2.20. The summed E-state index contributed by atoms with van der Waals surface area (Å²) < 4.78 is 0. The van der Waals surface area contributed by atoms with Gasteiger partial charge in [-0.2, -0.15) is 5.26 Å². The normalized spacial score (nSPS) is 12.1. The first-order valence-corrected chi connectivity index (χ1v) is 7.58. The van der Waals surface area contributed by atoms with Gasteiger partial charge < -0.3 is 10.2 Å². The minimum atomic E-state index is 0.378. The van der Waals surface area contributed by atoms with Crippen LogP contribution < -0.4 is 5.32 Å². The van der Waals surface area contributed by atoms with Crippen molar-refractivity contribution in [2.75, 3.05) is 20.6 Å². The lowest BCUT2D eigenvalue weighted by Crippen LogP contribution is -2.39. The molecule has 2 aromatic rings. The molecule has 0 amide bonds. The Morgan fingerprint density at radius 2 is 1.77 bits per heavy atom. The Morgan fingerprint density at radius 3 is 2.45 bits per heavy atom. The SMILES string of the molecule is CN(C)CC(Cc1ccccc1)NCc1cccc(C#N)c1. The van der Waals surface area contributed by atoms with Crippen LogP contribution in [-0.4, -0.2) is 31.6 Å².